The van der Waals surface area contributed by atoms with E-state index in [0.717, 1.165) is 68.0 Å². The number of hydrogen-bond acceptors (Lipinski definition) is 6. The van der Waals surface area contributed by atoms with E-state index in [9.17, 15) is 9.59 Å². The zero-order chi connectivity index (χ0) is 24.5. The lowest BCUT2D eigenvalue weighted by molar-refractivity contribution is -0.145. The lowest BCUT2D eigenvalue weighted by atomic mass is 9.81. The Morgan fingerprint density at radius 2 is 1.94 bits per heavy atom. The Morgan fingerprint density at radius 1 is 1.14 bits per heavy atom. The number of anilines is 1. The van der Waals surface area contributed by atoms with Crippen molar-refractivity contribution in [1.82, 2.24) is 5.01 Å². The van der Waals surface area contributed by atoms with Crippen molar-refractivity contribution in [2.45, 2.75) is 45.4 Å². The number of hydrazone groups is 1. The Kier molecular flexibility index (Phi) is 9.23. The number of unbranched alkanes of at least 4 members (excludes halogenated alkanes) is 1. The number of aryl methyl sites for hydroxylation is 1. The maximum atomic E-state index is 12.8. The zero-order valence-corrected chi connectivity index (χ0v) is 21.3. The van der Waals surface area contributed by atoms with Gasteiger partial charge in [0, 0.05) is 42.3 Å². The Hall–Kier alpha value is -2.80. The van der Waals surface area contributed by atoms with Crippen molar-refractivity contribution >= 4 is 35.5 Å². The first-order chi connectivity index (χ1) is 17.1. The van der Waals surface area contributed by atoms with Crippen LogP contribution in [0.1, 0.15) is 59.7 Å². The number of benzene rings is 2. The number of amides is 1. The fourth-order valence-corrected chi connectivity index (χ4v) is 5.33. The van der Waals surface area contributed by atoms with Crippen LogP contribution >= 0.6 is 11.8 Å². The van der Waals surface area contributed by atoms with E-state index in [1.807, 2.05) is 60.4 Å². The summed E-state index contributed by atoms with van der Waals surface area (Å²) in [5, 5.41) is 9.65. The number of rotatable bonds is 9. The van der Waals surface area contributed by atoms with Gasteiger partial charge in [-0.15, -0.1) is 0 Å². The molecule has 1 saturated heterocycles. The van der Waals surface area contributed by atoms with Crippen molar-refractivity contribution in [1.29, 1.82) is 0 Å². The van der Waals surface area contributed by atoms with E-state index < -0.39 is 0 Å². The highest BCUT2D eigenvalue weighted by molar-refractivity contribution is 7.99. The first kappa shape index (κ1) is 25.3. The van der Waals surface area contributed by atoms with Crippen molar-refractivity contribution in [2.75, 3.05) is 36.5 Å². The molecule has 1 heterocycles. The minimum atomic E-state index is -0.110. The van der Waals surface area contributed by atoms with Gasteiger partial charge in [-0.05, 0) is 72.6 Å². The average Bonchev–Trinajstić information content (AvgIpc) is 2.88. The molecular weight excluding hydrogens is 458 g/mol. The summed E-state index contributed by atoms with van der Waals surface area (Å²) in [5.41, 5.74) is 4.88. The van der Waals surface area contributed by atoms with E-state index in [4.69, 9.17) is 4.74 Å². The Bertz CT molecular complexity index is 1030. The van der Waals surface area contributed by atoms with E-state index in [2.05, 4.69) is 22.4 Å². The Morgan fingerprint density at radius 3 is 2.71 bits per heavy atom. The first-order valence-corrected chi connectivity index (χ1v) is 13.8. The van der Waals surface area contributed by atoms with Crippen molar-refractivity contribution in [3.05, 3.63) is 64.7 Å². The van der Waals surface area contributed by atoms with Gasteiger partial charge in [-0.1, -0.05) is 31.5 Å². The van der Waals surface area contributed by atoms with Crippen LogP contribution in [0.15, 0.2) is 47.6 Å². The summed E-state index contributed by atoms with van der Waals surface area (Å²) in [7, 11) is 0. The second kappa shape index (κ2) is 12.8. The van der Waals surface area contributed by atoms with Crippen LogP contribution in [0, 0.1) is 5.92 Å². The normalized spacial score (nSPS) is 17.7. The highest BCUT2D eigenvalue weighted by Gasteiger charge is 2.22. The number of thioether (sulfide) groups is 1. The molecule has 7 heteroatoms. The molecule has 0 bridgehead atoms. The lowest BCUT2D eigenvalue weighted by Gasteiger charge is -2.24. The van der Waals surface area contributed by atoms with Gasteiger partial charge in [-0.3, -0.25) is 14.6 Å². The molecule has 0 saturated carbocycles. The summed E-state index contributed by atoms with van der Waals surface area (Å²) in [6, 6.07) is 13.7. The number of nitrogens with zero attached hydrogens (tertiary/aromatic N) is 2. The second-order valence-electron chi connectivity index (χ2n) is 9.26. The molecule has 186 valence electrons. The van der Waals surface area contributed by atoms with Gasteiger partial charge in [-0.2, -0.15) is 16.9 Å². The van der Waals surface area contributed by atoms with Crippen LogP contribution in [0.25, 0.3) is 0 Å². The van der Waals surface area contributed by atoms with E-state index in [0.29, 0.717) is 24.5 Å². The molecule has 0 aromatic heterocycles. The molecule has 1 atom stereocenters. The molecule has 6 nitrogen and oxygen atoms in total. The number of nitrogens with one attached hydrogen (secondary N) is 1. The number of carbonyl (C=O) groups is 2. The summed E-state index contributed by atoms with van der Waals surface area (Å²) in [6.45, 7) is 4.58. The SMILES string of the molecule is CCCCOC(=O)CC1CCc2cc(C(=O)Nc3ccc(C=NN4CCSCC4)cc3)ccc2C1. The number of ether oxygens (including phenoxy) is 1. The molecule has 2 aliphatic rings. The predicted octanol–water partition coefficient (Wildman–Crippen LogP) is 5.16. The Balaban J connectivity index is 1.29. The van der Waals surface area contributed by atoms with Gasteiger partial charge in [0.1, 0.15) is 0 Å². The van der Waals surface area contributed by atoms with Crippen molar-refractivity contribution in [2.24, 2.45) is 11.0 Å². The molecular formula is C28H35N3O3S. The highest BCUT2D eigenvalue weighted by atomic mass is 32.2. The summed E-state index contributed by atoms with van der Waals surface area (Å²) in [4.78, 5) is 24.9. The summed E-state index contributed by atoms with van der Waals surface area (Å²) in [5.74, 6) is 2.36. The molecule has 2 aromatic carbocycles. The van der Waals surface area contributed by atoms with Crippen molar-refractivity contribution < 1.29 is 14.3 Å². The van der Waals surface area contributed by atoms with Gasteiger partial charge in [0.05, 0.1) is 12.8 Å². The molecule has 35 heavy (non-hydrogen) atoms. The number of fused-ring (bicyclic) bond motifs is 1. The van der Waals surface area contributed by atoms with Crippen LogP contribution in [0.4, 0.5) is 5.69 Å². The van der Waals surface area contributed by atoms with E-state index in [1.54, 1.807) is 0 Å². The standard InChI is InChI=1S/C28H35N3O3S/c1-2-3-14-34-27(32)18-22-4-7-24-19-25(9-8-23(24)17-22)28(33)30-26-10-5-21(6-11-26)20-29-31-12-15-35-16-13-31/h5-6,8-11,19-20,22H,2-4,7,12-18H2,1H3,(H,30,33). The number of hydrogen-bond donors (Lipinski definition) is 1. The fourth-order valence-electron chi connectivity index (χ4n) is 4.44. The second-order valence-corrected chi connectivity index (χ2v) is 10.5. The molecule has 1 fully saturated rings. The van der Waals surface area contributed by atoms with E-state index in [-0.39, 0.29) is 11.9 Å². The first-order valence-electron chi connectivity index (χ1n) is 12.7. The maximum absolute atomic E-state index is 12.8. The average molecular weight is 494 g/mol. The van der Waals surface area contributed by atoms with Gasteiger partial charge >= 0.3 is 5.97 Å². The zero-order valence-electron chi connectivity index (χ0n) is 20.5. The van der Waals surface area contributed by atoms with Crippen LogP contribution in [0.5, 0.6) is 0 Å². The van der Waals surface area contributed by atoms with Gasteiger partial charge in [0.15, 0.2) is 0 Å². The van der Waals surface area contributed by atoms with Crippen molar-refractivity contribution in [3.8, 4) is 0 Å². The quantitative estimate of drug-likeness (QED) is 0.297. The summed E-state index contributed by atoms with van der Waals surface area (Å²) < 4.78 is 5.33. The van der Waals surface area contributed by atoms with Gasteiger partial charge < -0.3 is 10.1 Å². The minimum absolute atomic E-state index is 0.0919. The predicted molar refractivity (Wildman–Crippen MR) is 143 cm³/mol. The molecule has 4 rings (SSSR count). The molecule has 0 spiro atoms. The smallest absolute Gasteiger partial charge is 0.306 e. The molecule has 1 N–H and O–H groups in total. The van der Waals surface area contributed by atoms with Crippen LogP contribution in [0.2, 0.25) is 0 Å². The maximum Gasteiger partial charge on any atom is 0.306 e. The van der Waals surface area contributed by atoms with Gasteiger partial charge in [-0.25, -0.2) is 0 Å². The highest BCUT2D eigenvalue weighted by Crippen LogP contribution is 2.29. The molecule has 1 aliphatic heterocycles. The topological polar surface area (TPSA) is 71.0 Å². The molecule has 1 unspecified atom stereocenters. The van der Waals surface area contributed by atoms with E-state index >= 15 is 0 Å². The minimum Gasteiger partial charge on any atom is -0.466 e. The van der Waals surface area contributed by atoms with Crippen molar-refractivity contribution in [3.63, 3.8) is 0 Å². The van der Waals surface area contributed by atoms with Crippen LogP contribution in [-0.4, -0.2) is 54.3 Å². The van der Waals surface area contributed by atoms with Gasteiger partial charge in [0.25, 0.3) is 5.91 Å². The Labute approximate surface area is 212 Å². The monoisotopic (exact) mass is 493 g/mol. The molecule has 1 aliphatic carbocycles. The third kappa shape index (κ3) is 7.59. The third-order valence-electron chi connectivity index (χ3n) is 6.54. The van der Waals surface area contributed by atoms with Gasteiger partial charge in [0.2, 0.25) is 0 Å². The van der Waals surface area contributed by atoms with Crippen LogP contribution in [-0.2, 0) is 22.4 Å². The van der Waals surface area contributed by atoms with Crippen LogP contribution in [0.3, 0.4) is 0 Å². The van der Waals surface area contributed by atoms with E-state index in [1.165, 1.54) is 11.1 Å². The molecule has 1 amide bonds. The largest absolute Gasteiger partial charge is 0.466 e. The number of carbonyl (C=O) groups excluding carboxylic acids is 2. The van der Waals surface area contributed by atoms with Crippen LogP contribution < -0.4 is 5.32 Å². The fraction of sp³-hybridized carbons (Fsp3) is 0.464. The summed E-state index contributed by atoms with van der Waals surface area (Å²) >= 11 is 1.97. The summed E-state index contributed by atoms with van der Waals surface area (Å²) in [6.07, 6.45) is 6.98. The third-order valence-corrected chi connectivity index (χ3v) is 7.48. The molecule has 0 radical (unpaired) electrons. The number of esters is 1. The molecule has 2 aromatic rings. The lowest BCUT2D eigenvalue weighted by Crippen LogP contribution is -2.27.